The third kappa shape index (κ3) is 5.71. The molecule has 1 aromatic carbocycles. The smallest absolute Gasteiger partial charge is 0.409 e. The van der Waals surface area contributed by atoms with Gasteiger partial charge in [0, 0.05) is 25.1 Å². The van der Waals surface area contributed by atoms with Crippen molar-refractivity contribution in [1.82, 2.24) is 20.4 Å². The lowest BCUT2D eigenvalue weighted by Crippen LogP contribution is -2.59. The van der Waals surface area contributed by atoms with Crippen molar-refractivity contribution in [1.29, 1.82) is 0 Å². The quantitative estimate of drug-likeness (QED) is 0.583. The number of benzene rings is 1. The number of carbonyl (C=O) groups excluding carboxylic acids is 3. The summed E-state index contributed by atoms with van der Waals surface area (Å²) in [5.74, 6) is -2.68. The molecule has 200 valence electrons. The SMILES string of the molecule is CN[C@@H](C)C(=O)N[C@H](C(=O)N1CC[C@@H]2[C@H]1[C@@H](COc1ccc(F)c(F)c1)CN2C(=O)OC)C(C)(C)C. The van der Waals surface area contributed by atoms with Crippen molar-refractivity contribution in [3.05, 3.63) is 29.8 Å². The second-order valence-electron chi connectivity index (χ2n) is 10.5. The summed E-state index contributed by atoms with van der Waals surface area (Å²) in [5.41, 5.74) is -0.573. The van der Waals surface area contributed by atoms with Crippen molar-refractivity contribution in [3.63, 3.8) is 0 Å². The minimum atomic E-state index is -1.02. The van der Waals surface area contributed by atoms with E-state index in [1.54, 1.807) is 23.8 Å². The summed E-state index contributed by atoms with van der Waals surface area (Å²) in [5, 5.41) is 5.76. The zero-order valence-electron chi connectivity index (χ0n) is 21.6. The van der Waals surface area contributed by atoms with Crippen LogP contribution in [-0.2, 0) is 14.3 Å². The molecule has 0 unspecified atom stereocenters. The van der Waals surface area contributed by atoms with E-state index in [4.69, 9.17) is 9.47 Å². The molecule has 36 heavy (non-hydrogen) atoms. The van der Waals surface area contributed by atoms with E-state index in [2.05, 4.69) is 10.6 Å². The Kier molecular flexibility index (Phi) is 8.43. The van der Waals surface area contributed by atoms with E-state index < -0.39 is 35.2 Å². The van der Waals surface area contributed by atoms with Crippen LogP contribution in [0.15, 0.2) is 18.2 Å². The molecule has 9 nitrogen and oxygen atoms in total. The highest BCUT2D eigenvalue weighted by molar-refractivity contribution is 5.90. The number of carbonyl (C=O) groups is 3. The number of ether oxygens (including phenoxy) is 2. The highest BCUT2D eigenvalue weighted by Crippen LogP contribution is 2.38. The normalized spacial score (nSPS) is 23.2. The molecule has 11 heteroatoms. The molecule has 5 atom stereocenters. The number of halogens is 2. The number of nitrogens with zero attached hydrogens (tertiary/aromatic N) is 2. The Balaban J connectivity index is 1.85. The molecular weight excluding hydrogens is 474 g/mol. The van der Waals surface area contributed by atoms with Crippen molar-refractivity contribution in [3.8, 4) is 5.75 Å². The number of likely N-dealkylation sites (tertiary alicyclic amines) is 2. The Morgan fingerprint density at radius 1 is 1.17 bits per heavy atom. The number of hydrogen-bond donors (Lipinski definition) is 2. The number of methoxy groups -OCH3 is 1. The van der Waals surface area contributed by atoms with Crippen LogP contribution in [0.4, 0.5) is 13.6 Å². The molecule has 2 N–H and O–H groups in total. The van der Waals surface area contributed by atoms with Gasteiger partial charge >= 0.3 is 6.09 Å². The fraction of sp³-hybridized carbons (Fsp3) is 0.640. The van der Waals surface area contributed by atoms with Crippen LogP contribution in [0.3, 0.4) is 0 Å². The van der Waals surface area contributed by atoms with Gasteiger partial charge in [0.25, 0.3) is 0 Å². The predicted octanol–water partition coefficient (Wildman–Crippen LogP) is 2.15. The Morgan fingerprint density at radius 3 is 2.44 bits per heavy atom. The van der Waals surface area contributed by atoms with Crippen molar-refractivity contribution >= 4 is 17.9 Å². The van der Waals surface area contributed by atoms with Crippen molar-refractivity contribution < 1.29 is 32.6 Å². The Bertz CT molecular complexity index is 986. The number of nitrogens with one attached hydrogen (secondary N) is 2. The second-order valence-corrected chi connectivity index (χ2v) is 10.5. The largest absolute Gasteiger partial charge is 0.493 e. The van der Waals surface area contributed by atoms with Crippen molar-refractivity contribution in [2.24, 2.45) is 11.3 Å². The number of amides is 3. The van der Waals surface area contributed by atoms with E-state index in [1.165, 1.54) is 13.2 Å². The highest BCUT2D eigenvalue weighted by atomic mass is 19.2. The van der Waals surface area contributed by atoms with Gasteiger partial charge in [-0.1, -0.05) is 20.8 Å². The topological polar surface area (TPSA) is 100 Å². The fourth-order valence-electron chi connectivity index (χ4n) is 4.92. The summed E-state index contributed by atoms with van der Waals surface area (Å²) in [4.78, 5) is 42.3. The molecule has 2 saturated heterocycles. The van der Waals surface area contributed by atoms with Crippen LogP contribution >= 0.6 is 0 Å². The number of fused-ring (bicyclic) bond motifs is 1. The molecule has 0 aromatic heterocycles. The standard InChI is InChI=1S/C25H36F2N4O5/c1-14(28-5)22(32)29-21(25(2,3)4)23(33)30-10-9-19-20(30)15(12-31(19)24(34)35-6)13-36-16-7-8-17(26)18(27)11-16/h7-8,11,14-15,19-21,28H,9-10,12-13H2,1-6H3,(H,29,32)/t14-,15+,19+,20+,21+/m0/s1. The predicted molar refractivity (Wildman–Crippen MR) is 128 cm³/mol. The van der Waals surface area contributed by atoms with Crippen LogP contribution in [0.25, 0.3) is 0 Å². The summed E-state index contributed by atoms with van der Waals surface area (Å²) in [6.07, 6.45) is 0.0448. The molecule has 0 aliphatic carbocycles. The Hall–Kier alpha value is -2.95. The molecule has 2 aliphatic heterocycles. The molecule has 2 fully saturated rings. The van der Waals surface area contributed by atoms with Crippen LogP contribution in [0.2, 0.25) is 0 Å². The van der Waals surface area contributed by atoms with Gasteiger partial charge in [-0.3, -0.25) is 9.59 Å². The minimum absolute atomic E-state index is 0.0762. The average molecular weight is 511 g/mol. The van der Waals surface area contributed by atoms with E-state index in [9.17, 15) is 23.2 Å². The van der Waals surface area contributed by atoms with Crippen molar-refractivity contribution in [2.75, 3.05) is 33.9 Å². The molecule has 2 heterocycles. The lowest BCUT2D eigenvalue weighted by Gasteiger charge is -2.37. The molecule has 0 radical (unpaired) electrons. The first-order chi connectivity index (χ1) is 16.9. The Morgan fingerprint density at radius 2 is 1.86 bits per heavy atom. The zero-order valence-corrected chi connectivity index (χ0v) is 21.6. The van der Waals surface area contributed by atoms with Gasteiger partial charge in [0.1, 0.15) is 11.8 Å². The number of likely N-dealkylation sites (N-methyl/N-ethyl adjacent to an activating group) is 1. The molecule has 3 rings (SSSR count). The van der Waals surface area contributed by atoms with Gasteiger partial charge in [0.15, 0.2) is 11.6 Å². The highest BCUT2D eigenvalue weighted by Gasteiger charge is 2.54. The molecule has 0 bridgehead atoms. The first-order valence-corrected chi connectivity index (χ1v) is 12.1. The van der Waals surface area contributed by atoms with E-state index in [1.807, 2.05) is 20.8 Å². The summed E-state index contributed by atoms with van der Waals surface area (Å²) < 4.78 is 37.7. The number of hydrogen-bond acceptors (Lipinski definition) is 6. The third-order valence-corrected chi connectivity index (χ3v) is 7.01. The fourth-order valence-corrected chi connectivity index (χ4v) is 4.92. The van der Waals surface area contributed by atoms with Crippen LogP contribution in [-0.4, -0.2) is 85.7 Å². The van der Waals surface area contributed by atoms with Crippen LogP contribution < -0.4 is 15.4 Å². The molecule has 3 amide bonds. The van der Waals surface area contributed by atoms with Gasteiger partial charge < -0.3 is 29.9 Å². The third-order valence-electron chi connectivity index (χ3n) is 7.01. The monoisotopic (exact) mass is 510 g/mol. The minimum Gasteiger partial charge on any atom is -0.493 e. The van der Waals surface area contributed by atoms with Crippen molar-refractivity contribution in [2.45, 2.75) is 58.3 Å². The van der Waals surface area contributed by atoms with E-state index >= 15 is 0 Å². The van der Waals surface area contributed by atoms with E-state index in [0.29, 0.717) is 13.0 Å². The summed E-state index contributed by atoms with van der Waals surface area (Å²) >= 11 is 0. The second kappa shape index (κ2) is 11.0. The maximum atomic E-state index is 13.9. The molecule has 2 aliphatic rings. The summed E-state index contributed by atoms with van der Waals surface area (Å²) in [7, 11) is 2.97. The first-order valence-electron chi connectivity index (χ1n) is 12.1. The van der Waals surface area contributed by atoms with Crippen LogP contribution in [0.5, 0.6) is 5.75 Å². The Labute approximate surface area is 210 Å². The molecular formula is C25H36F2N4O5. The molecule has 0 saturated carbocycles. The molecule has 1 aromatic rings. The lowest BCUT2D eigenvalue weighted by atomic mass is 9.85. The van der Waals surface area contributed by atoms with E-state index in [0.717, 1.165) is 12.1 Å². The lowest BCUT2D eigenvalue weighted by molar-refractivity contribution is -0.141. The van der Waals surface area contributed by atoms with Gasteiger partial charge in [-0.15, -0.1) is 0 Å². The zero-order chi connectivity index (χ0) is 26.8. The van der Waals surface area contributed by atoms with Crippen LogP contribution in [0.1, 0.15) is 34.1 Å². The average Bonchev–Trinajstić information content (AvgIpc) is 3.42. The van der Waals surface area contributed by atoms with Gasteiger partial charge in [0.2, 0.25) is 11.8 Å². The molecule has 0 spiro atoms. The van der Waals surface area contributed by atoms with Gasteiger partial charge in [0.05, 0.1) is 31.8 Å². The first kappa shape index (κ1) is 27.6. The van der Waals surface area contributed by atoms with E-state index in [-0.39, 0.29) is 48.7 Å². The van der Waals surface area contributed by atoms with Crippen LogP contribution in [0, 0.1) is 23.0 Å². The number of rotatable bonds is 7. The van der Waals surface area contributed by atoms with Gasteiger partial charge in [-0.2, -0.15) is 0 Å². The van der Waals surface area contributed by atoms with Gasteiger partial charge in [-0.05, 0) is 37.9 Å². The summed E-state index contributed by atoms with van der Waals surface area (Å²) in [6, 6.07) is 1.34. The maximum Gasteiger partial charge on any atom is 0.409 e. The van der Waals surface area contributed by atoms with Gasteiger partial charge in [-0.25, -0.2) is 13.6 Å². The maximum absolute atomic E-state index is 13.9. The summed E-state index contributed by atoms with van der Waals surface area (Å²) in [6.45, 7) is 8.10.